The Hall–Kier alpha value is -2.97. The predicted octanol–water partition coefficient (Wildman–Crippen LogP) is 0.688. The molecule has 1 aromatic heterocycles. The van der Waals surface area contributed by atoms with Crippen molar-refractivity contribution in [2.45, 2.75) is 0 Å². The summed E-state index contributed by atoms with van der Waals surface area (Å²) >= 11 is 0. The fraction of sp³-hybridized carbons (Fsp3) is 0. The van der Waals surface area contributed by atoms with Crippen LogP contribution in [0.4, 0.5) is 29.0 Å². The van der Waals surface area contributed by atoms with Crippen molar-refractivity contribution >= 4 is 29.0 Å². The minimum Gasteiger partial charge on any atom is -0.380 e. The van der Waals surface area contributed by atoms with Crippen molar-refractivity contribution in [3.8, 4) is 0 Å². The van der Waals surface area contributed by atoms with Gasteiger partial charge in [0.15, 0.2) is 11.6 Å². The summed E-state index contributed by atoms with van der Waals surface area (Å²) in [5.74, 6) is 0.272. The Bertz CT molecular complexity index is 584. The Morgan fingerprint density at radius 3 is 2.33 bits per heavy atom. The van der Waals surface area contributed by atoms with Crippen LogP contribution in [0.5, 0.6) is 0 Å². The summed E-state index contributed by atoms with van der Waals surface area (Å²) < 4.78 is 0. The average molecular weight is 247 g/mol. The number of rotatable bonds is 3. The zero-order valence-corrected chi connectivity index (χ0v) is 9.07. The van der Waals surface area contributed by atoms with Crippen molar-refractivity contribution in [3.63, 3.8) is 0 Å². The Balaban J connectivity index is 2.18. The van der Waals surface area contributed by atoms with E-state index in [0.29, 0.717) is 5.69 Å². The summed E-state index contributed by atoms with van der Waals surface area (Å²) in [7, 11) is 0. The van der Waals surface area contributed by atoms with Gasteiger partial charge in [-0.3, -0.25) is 10.1 Å². The third-order valence-electron chi connectivity index (χ3n) is 2.08. The molecule has 9 heteroatoms. The lowest BCUT2D eigenvalue weighted by molar-refractivity contribution is -0.384. The standard InChI is InChI=1S/C9H9N7O2/c10-7-8(11)14-15-9(13-7)12-5-1-3-6(4-2-5)16(17)18/h1-4H,(H2,11,14)(H3,10,12,13,15). The van der Waals surface area contributed by atoms with Crippen molar-refractivity contribution in [1.82, 2.24) is 15.2 Å². The number of non-ortho nitro benzene ring substituents is 1. The maximum atomic E-state index is 10.5. The van der Waals surface area contributed by atoms with E-state index in [1.54, 1.807) is 0 Å². The van der Waals surface area contributed by atoms with Crippen molar-refractivity contribution in [2.24, 2.45) is 0 Å². The summed E-state index contributed by atoms with van der Waals surface area (Å²) in [4.78, 5) is 13.8. The smallest absolute Gasteiger partial charge is 0.269 e. The molecule has 1 aromatic carbocycles. The molecule has 5 N–H and O–H groups in total. The number of nitro benzene ring substituents is 1. The van der Waals surface area contributed by atoms with E-state index in [2.05, 4.69) is 20.5 Å². The Morgan fingerprint density at radius 2 is 1.78 bits per heavy atom. The molecule has 92 valence electrons. The van der Waals surface area contributed by atoms with Crippen LogP contribution in [-0.2, 0) is 0 Å². The van der Waals surface area contributed by atoms with Gasteiger partial charge in [0.2, 0.25) is 5.95 Å². The number of aromatic nitrogens is 3. The van der Waals surface area contributed by atoms with E-state index in [4.69, 9.17) is 11.5 Å². The van der Waals surface area contributed by atoms with Crippen molar-refractivity contribution in [2.75, 3.05) is 16.8 Å². The molecule has 18 heavy (non-hydrogen) atoms. The molecule has 0 radical (unpaired) electrons. The number of hydrogen-bond acceptors (Lipinski definition) is 8. The molecule has 0 fully saturated rings. The van der Waals surface area contributed by atoms with Crippen molar-refractivity contribution < 1.29 is 4.92 Å². The summed E-state index contributed by atoms with van der Waals surface area (Å²) in [6.45, 7) is 0. The number of anilines is 4. The van der Waals surface area contributed by atoms with Crippen LogP contribution in [0.25, 0.3) is 0 Å². The third kappa shape index (κ3) is 2.40. The molecule has 0 saturated carbocycles. The van der Waals surface area contributed by atoms with Gasteiger partial charge in [-0.15, -0.1) is 10.2 Å². The van der Waals surface area contributed by atoms with E-state index >= 15 is 0 Å². The van der Waals surface area contributed by atoms with E-state index in [-0.39, 0.29) is 23.3 Å². The molecule has 0 spiro atoms. The minimum absolute atomic E-state index is 0.00332. The van der Waals surface area contributed by atoms with E-state index in [0.717, 1.165) is 0 Å². The molecule has 2 aromatic rings. The first-order chi connectivity index (χ1) is 8.56. The highest BCUT2D eigenvalue weighted by atomic mass is 16.6. The largest absolute Gasteiger partial charge is 0.380 e. The van der Waals surface area contributed by atoms with Crippen LogP contribution in [0.1, 0.15) is 0 Å². The normalized spacial score (nSPS) is 10.0. The van der Waals surface area contributed by atoms with E-state index in [1.807, 2.05) is 0 Å². The van der Waals surface area contributed by atoms with Crippen LogP contribution in [0.2, 0.25) is 0 Å². The Labute approximate surface area is 101 Å². The van der Waals surface area contributed by atoms with Crippen LogP contribution in [-0.4, -0.2) is 20.1 Å². The highest BCUT2D eigenvalue weighted by Crippen LogP contribution is 2.18. The van der Waals surface area contributed by atoms with Gasteiger partial charge in [-0.05, 0) is 12.1 Å². The minimum atomic E-state index is -0.483. The molecular weight excluding hydrogens is 238 g/mol. The highest BCUT2D eigenvalue weighted by Gasteiger charge is 2.06. The third-order valence-corrected chi connectivity index (χ3v) is 2.08. The average Bonchev–Trinajstić information content (AvgIpc) is 2.34. The summed E-state index contributed by atoms with van der Waals surface area (Å²) in [5, 5.41) is 20.5. The molecular formula is C9H9N7O2. The number of nitro groups is 1. The number of hydrogen-bond donors (Lipinski definition) is 3. The predicted molar refractivity (Wildman–Crippen MR) is 65.0 cm³/mol. The van der Waals surface area contributed by atoms with Gasteiger partial charge in [0.1, 0.15) is 0 Å². The second-order valence-electron chi connectivity index (χ2n) is 3.33. The lowest BCUT2D eigenvalue weighted by atomic mass is 10.3. The lowest BCUT2D eigenvalue weighted by Gasteiger charge is -2.04. The van der Waals surface area contributed by atoms with E-state index in [9.17, 15) is 10.1 Å². The maximum Gasteiger partial charge on any atom is 0.269 e. The van der Waals surface area contributed by atoms with Gasteiger partial charge < -0.3 is 16.8 Å². The zero-order chi connectivity index (χ0) is 13.1. The number of nitrogens with two attached hydrogens (primary N) is 2. The van der Waals surface area contributed by atoms with Crippen LogP contribution < -0.4 is 16.8 Å². The molecule has 2 rings (SSSR count). The fourth-order valence-electron chi connectivity index (χ4n) is 1.19. The first-order valence-electron chi connectivity index (χ1n) is 4.83. The monoisotopic (exact) mass is 247 g/mol. The van der Waals surface area contributed by atoms with Gasteiger partial charge in [-0.2, -0.15) is 4.98 Å². The zero-order valence-electron chi connectivity index (χ0n) is 9.07. The van der Waals surface area contributed by atoms with Gasteiger partial charge in [-0.25, -0.2) is 0 Å². The van der Waals surface area contributed by atoms with Crippen LogP contribution in [0.3, 0.4) is 0 Å². The van der Waals surface area contributed by atoms with Crippen molar-refractivity contribution in [3.05, 3.63) is 34.4 Å². The molecule has 0 atom stereocenters. The number of nitrogens with one attached hydrogen (secondary N) is 1. The number of benzene rings is 1. The molecule has 0 aliphatic rings. The molecule has 0 bridgehead atoms. The van der Waals surface area contributed by atoms with Gasteiger partial charge in [0.25, 0.3) is 5.69 Å². The molecule has 1 heterocycles. The summed E-state index contributed by atoms with van der Waals surface area (Å²) in [6.07, 6.45) is 0. The summed E-state index contributed by atoms with van der Waals surface area (Å²) in [6, 6.07) is 5.76. The molecule has 0 amide bonds. The second kappa shape index (κ2) is 4.49. The van der Waals surface area contributed by atoms with Crippen LogP contribution in [0.15, 0.2) is 24.3 Å². The van der Waals surface area contributed by atoms with Crippen LogP contribution >= 0.6 is 0 Å². The number of nitrogen functional groups attached to an aromatic ring is 2. The van der Waals surface area contributed by atoms with Gasteiger partial charge in [-0.1, -0.05) is 0 Å². The van der Waals surface area contributed by atoms with Gasteiger partial charge >= 0.3 is 0 Å². The molecule has 9 nitrogen and oxygen atoms in total. The molecule has 0 aliphatic heterocycles. The topological polar surface area (TPSA) is 146 Å². The first kappa shape index (κ1) is 11.5. The quantitative estimate of drug-likeness (QED) is 0.530. The highest BCUT2D eigenvalue weighted by molar-refractivity contribution is 5.59. The van der Waals surface area contributed by atoms with E-state index in [1.165, 1.54) is 24.3 Å². The number of nitrogens with zero attached hydrogens (tertiary/aromatic N) is 4. The SMILES string of the molecule is Nc1nnc(Nc2ccc([N+](=O)[O-])cc2)nc1N. The molecule has 0 unspecified atom stereocenters. The van der Waals surface area contributed by atoms with E-state index < -0.39 is 4.92 Å². The van der Waals surface area contributed by atoms with Crippen LogP contribution in [0, 0.1) is 10.1 Å². The van der Waals surface area contributed by atoms with Gasteiger partial charge in [0.05, 0.1) is 4.92 Å². The fourth-order valence-corrected chi connectivity index (χ4v) is 1.19. The second-order valence-corrected chi connectivity index (χ2v) is 3.33. The Morgan fingerprint density at radius 1 is 1.11 bits per heavy atom. The lowest BCUT2D eigenvalue weighted by Crippen LogP contribution is -2.06. The molecule has 0 saturated heterocycles. The molecule has 0 aliphatic carbocycles. The van der Waals surface area contributed by atoms with Gasteiger partial charge in [0, 0.05) is 17.8 Å². The summed E-state index contributed by atoms with van der Waals surface area (Å²) in [5.41, 5.74) is 11.4. The van der Waals surface area contributed by atoms with Crippen molar-refractivity contribution in [1.29, 1.82) is 0 Å². The Kier molecular flexibility index (Phi) is 2.87. The maximum absolute atomic E-state index is 10.5. The first-order valence-corrected chi connectivity index (χ1v) is 4.83.